The van der Waals surface area contributed by atoms with Crippen molar-refractivity contribution in [2.75, 3.05) is 26.2 Å². The maximum Gasteiger partial charge on any atom is 0.259 e. The highest BCUT2D eigenvalue weighted by molar-refractivity contribution is 6.30. The summed E-state index contributed by atoms with van der Waals surface area (Å²) in [5, 5.41) is 0.686. The van der Waals surface area contributed by atoms with E-state index in [2.05, 4.69) is 14.6 Å². The van der Waals surface area contributed by atoms with Gasteiger partial charge in [-0.1, -0.05) is 48.0 Å². The van der Waals surface area contributed by atoms with Crippen LogP contribution in [-0.2, 0) is 17.9 Å². The third-order valence-electron chi connectivity index (χ3n) is 6.20. The molecule has 0 aromatic heterocycles. The molecule has 0 radical (unpaired) electrons. The number of halogens is 1. The number of hydrogen-bond donors (Lipinski definition) is 0. The first kappa shape index (κ1) is 20.7. The standard InChI is InChI=1S/C25H24ClN5O/c1-27-21-5-2-4-19(14-21)15-29-13-10-23-22(17-29)24(32)31(25-28-11-3-12-30(23)25)16-18-6-8-20(26)9-7-18/h2,4-9,14H,3,10-13,15-17H2. The lowest BCUT2D eigenvalue weighted by Gasteiger charge is -2.45. The summed E-state index contributed by atoms with van der Waals surface area (Å²) in [5.41, 5.74) is 4.78. The Morgan fingerprint density at radius 3 is 2.72 bits per heavy atom. The summed E-state index contributed by atoms with van der Waals surface area (Å²) < 4.78 is 0. The molecule has 32 heavy (non-hydrogen) atoms. The SMILES string of the molecule is [C-]#[N+]c1cccc(CN2CCC3=C(C2)C(=O)N(Cc2ccc(Cl)cc2)C2=NCCCN23)c1. The van der Waals surface area contributed by atoms with Crippen molar-refractivity contribution in [3.05, 3.63) is 87.4 Å². The molecule has 6 nitrogen and oxygen atoms in total. The quantitative estimate of drug-likeness (QED) is 0.653. The molecule has 162 valence electrons. The summed E-state index contributed by atoms with van der Waals surface area (Å²) in [6.45, 7) is 11.6. The molecule has 0 saturated heterocycles. The van der Waals surface area contributed by atoms with Crippen molar-refractivity contribution in [3.63, 3.8) is 0 Å². The van der Waals surface area contributed by atoms with E-state index in [9.17, 15) is 4.79 Å². The Bertz CT molecular complexity index is 1150. The zero-order valence-electron chi connectivity index (χ0n) is 17.8. The number of carbonyl (C=O) groups excluding carboxylic acids is 1. The number of hydrogen-bond acceptors (Lipinski definition) is 4. The molecule has 0 saturated carbocycles. The first-order valence-corrected chi connectivity index (χ1v) is 11.3. The van der Waals surface area contributed by atoms with E-state index in [1.54, 1.807) is 0 Å². The number of nitrogens with zero attached hydrogens (tertiary/aromatic N) is 5. The predicted octanol–water partition coefficient (Wildman–Crippen LogP) is 4.45. The van der Waals surface area contributed by atoms with E-state index >= 15 is 0 Å². The van der Waals surface area contributed by atoms with Crippen LogP contribution in [0.3, 0.4) is 0 Å². The van der Waals surface area contributed by atoms with Crippen LogP contribution in [0.1, 0.15) is 24.0 Å². The lowest BCUT2D eigenvalue weighted by atomic mass is 9.99. The van der Waals surface area contributed by atoms with Gasteiger partial charge < -0.3 is 4.90 Å². The molecule has 0 fully saturated rings. The molecular weight excluding hydrogens is 422 g/mol. The topological polar surface area (TPSA) is 43.5 Å². The monoisotopic (exact) mass is 445 g/mol. The fraction of sp³-hybridized carbons (Fsp3) is 0.320. The summed E-state index contributed by atoms with van der Waals surface area (Å²) >= 11 is 6.04. The van der Waals surface area contributed by atoms with Crippen molar-refractivity contribution in [1.29, 1.82) is 0 Å². The largest absolute Gasteiger partial charge is 0.315 e. The van der Waals surface area contributed by atoms with E-state index in [-0.39, 0.29) is 5.91 Å². The molecule has 3 heterocycles. The minimum absolute atomic E-state index is 0.0476. The third kappa shape index (κ3) is 4.02. The van der Waals surface area contributed by atoms with Gasteiger partial charge in [0.15, 0.2) is 5.69 Å². The van der Waals surface area contributed by atoms with Crippen molar-refractivity contribution in [2.24, 2.45) is 4.99 Å². The van der Waals surface area contributed by atoms with Gasteiger partial charge in [0.2, 0.25) is 5.96 Å². The predicted molar refractivity (Wildman–Crippen MR) is 125 cm³/mol. The highest BCUT2D eigenvalue weighted by atomic mass is 35.5. The van der Waals surface area contributed by atoms with Crippen molar-refractivity contribution in [1.82, 2.24) is 14.7 Å². The molecule has 1 amide bonds. The Hall–Kier alpha value is -3.14. The minimum Gasteiger partial charge on any atom is -0.315 e. The molecule has 7 heteroatoms. The van der Waals surface area contributed by atoms with E-state index in [1.165, 1.54) is 0 Å². The lowest BCUT2D eigenvalue weighted by Crippen LogP contribution is -2.56. The fourth-order valence-corrected chi connectivity index (χ4v) is 4.79. The number of amides is 1. The van der Waals surface area contributed by atoms with Crippen LogP contribution in [0.5, 0.6) is 0 Å². The van der Waals surface area contributed by atoms with Gasteiger partial charge in [0, 0.05) is 49.9 Å². The highest BCUT2D eigenvalue weighted by Gasteiger charge is 2.40. The van der Waals surface area contributed by atoms with E-state index in [1.807, 2.05) is 53.4 Å². The summed E-state index contributed by atoms with van der Waals surface area (Å²) in [4.78, 5) is 28.3. The van der Waals surface area contributed by atoms with Gasteiger partial charge in [-0.3, -0.25) is 19.6 Å². The molecule has 0 N–H and O–H groups in total. The smallest absolute Gasteiger partial charge is 0.259 e. The van der Waals surface area contributed by atoms with Crippen LogP contribution < -0.4 is 0 Å². The third-order valence-corrected chi connectivity index (χ3v) is 6.45. The molecule has 3 aliphatic rings. The Kier molecular flexibility index (Phi) is 5.69. The Balaban J connectivity index is 1.41. The highest BCUT2D eigenvalue weighted by Crippen LogP contribution is 2.32. The van der Waals surface area contributed by atoms with Crippen LogP contribution in [0.15, 0.2) is 64.8 Å². The average molecular weight is 446 g/mol. The Morgan fingerprint density at radius 1 is 1.06 bits per heavy atom. The van der Waals surface area contributed by atoms with Gasteiger partial charge in [0.05, 0.1) is 18.7 Å². The average Bonchev–Trinajstić information content (AvgIpc) is 2.83. The maximum absolute atomic E-state index is 13.7. The van der Waals surface area contributed by atoms with Crippen molar-refractivity contribution in [2.45, 2.75) is 25.9 Å². The summed E-state index contributed by atoms with van der Waals surface area (Å²) in [7, 11) is 0. The van der Waals surface area contributed by atoms with Crippen LogP contribution in [0.2, 0.25) is 5.02 Å². The number of fused-ring (bicyclic) bond motifs is 2. The second kappa shape index (κ2) is 8.78. The van der Waals surface area contributed by atoms with Crippen LogP contribution in [0.4, 0.5) is 5.69 Å². The normalized spacial score (nSPS) is 18.8. The van der Waals surface area contributed by atoms with Crippen LogP contribution in [0, 0.1) is 6.57 Å². The van der Waals surface area contributed by atoms with Gasteiger partial charge in [-0.25, -0.2) is 4.85 Å². The molecular formula is C25H24ClN5O. The van der Waals surface area contributed by atoms with E-state index in [4.69, 9.17) is 23.2 Å². The van der Waals surface area contributed by atoms with Crippen molar-refractivity contribution >= 4 is 29.2 Å². The number of guanidine groups is 1. The zero-order valence-corrected chi connectivity index (χ0v) is 18.6. The molecule has 0 unspecified atom stereocenters. The number of benzene rings is 2. The van der Waals surface area contributed by atoms with Gasteiger partial charge >= 0.3 is 0 Å². The zero-order chi connectivity index (χ0) is 22.1. The van der Waals surface area contributed by atoms with Gasteiger partial charge in [-0.05, 0) is 29.7 Å². The first-order valence-electron chi connectivity index (χ1n) is 10.9. The lowest BCUT2D eigenvalue weighted by molar-refractivity contribution is -0.125. The fourth-order valence-electron chi connectivity index (χ4n) is 4.66. The van der Waals surface area contributed by atoms with Gasteiger partial charge in [-0.15, -0.1) is 0 Å². The summed E-state index contributed by atoms with van der Waals surface area (Å²) in [6.07, 6.45) is 1.83. The van der Waals surface area contributed by atoms with Gasteiger partial charge in [-0.2, -0.15) is 0 Å². The second-order valence-corrected chi connectivity index (χ2v) is 8.81. The number of rotatable bonds is 4. The molecule has 0 spiro atoms. The van der Waals surface area contributed by atoms with Gasteiger partial charge in [0.1, 0.15) is 0 Å². The van der Waals surface area contributed by atoms with E-state index in [0.29, 0.717) is 23.8 Å². The molecule has 0 bridgehead atoms. The molecule has 0 aliphatic carbocycles. The number of carbonyl (C=O) groups is 1. The molecule has 3 aliphatic heterocycles. The Morgan fingerprint density at radius 2 is 1.91 bits per heavy atom. The Labute approximate surface area is 193 Å². The molecule has 0 atom stereocenters. The molecule has 2 aromatic carbocycles. The maximum atomic E-state index is 13.7. The second-order valence-electron chi connectivity index (χ2n) is 8.37. The summed E-state index contributed by atoms with van der Waals surface area (Å²) in [6, 6.07) is 15.4. The number of aliphatic imine (C=N–C) groups is 1. The van der Waals surface area contributed by atoms with Crippen LogP contribution in [-0.4, -0.2) is 52.7 Å². The van der Waals surface area contributed by atoms with Crippen molar-refractivity contribution < 1.29 is 4.79 Å². The van der Waals surface area contributed by atoms with Crippen molar-refractivity contribution in [3.8, 4) is 0 Å². The summed E-state index contributed by atoms with van der Waals surface area (Å²) in [5.74, 6) is 0.833. The van der Waals surface area contributed by atoms with Crippen LogP contribution in [0.25, 0.3) is 4.85 Å². The van der Waals surface area contributed by atoms with Crippen LogP contribution >= 0.6 is 11.6 Å². The van der Waals surface area contributed by atoms with Gasteiger partial charge in [0.25, 0.3) is 5.91 Å². The first-order chi connectivity index (χ1) is 15.6. The minimum atomic E-state index is 0.0476. The van der Waals surface area contributed by atoms with E-state index in [0.717, 1.165) is 67.4 Å². The van der Waals surface area contributed by atoms with E-state index < -0.39 is 0 Å². The molecule has 5 rings (SSSR count). The molecule has 2 aromatic rings.